The second-order valence-corrected chi connectivity index (χ2v) is 29.4. The Kier molecular flexibility index (Phi) is 16.4. The van der Waals surface area contributed by atoms with Gasteiger partial charge in [-0.1, -0.05) is 346 Å². The maximum Gasteiger partial charge on any atom is 0.160 e. The van der Waals surface area contributed by atoms with Gasteiger partial charge in [0.2, 0.25) is 0 Å². The fourth-order valence-electron chi connectivity index (χ4n) is 17.0. The smallest absolute Gasteiger partial charge is 0.160 e. The van der Waals surface area contributed by atoms with E-state index >= 15 is 0 Å². The summed E-state index contributed by atoms with van der Waals surface area (Å²) in [5.74, 6) is 1.36. The van der Waals surface area contributed by atoms with Crippen molar-refractivity contribution in [1.82, 2.24) is 29.9 Å². The first-order valence-electron chi connectivity index (χ1n) is 39.1. The molecular formula is C108H66N6O2. The van der Waals surface area contributed by atoms with Crippen LogP contribution in [0.3, 0.4) is 0 Å². The van der Waals surface area contributed by atoms with Crippen molar-refractivity contribution in [2.24, 2.45) is 0 Å². The molecule has 0 aliphatic rings. The van der Waals surface area contributed by atoms with Crippen LogP contribution in [0.2, 0.25) is 0 Å². The van der Waals surface area contributed by atoms with Gasteiger partial charge in [0.1, 0.15) is 22.3 Å². The molecule has 0 aliphatic carbocycles. The lowest BCUT2D eigenvalue weighted by molar-refractivity contribution is 0.672. The van der Waals surface area contributed by atoms with Gasteiger partial charge in [0.05, 0.1) is 56.0 Å². The Balaban J connectivity index is 0.000000141. The minimum Gasteiger partial charge on any atom is -0.455 e. The zero-order valence-electron chi connectivity index (χ0n) is 62.6. The van der Waals surface area contributed by atoms with Crippen molar-refractivity contribution in [2.75, 3.05) is 0 Å². The van der Waals surface area contributed by atoms with Crippen molar-refractivity contribution in [3.8, 4) is 124 Å². The van der Waals surface area contributed by atoms with Gasteiger partial charge in [-0.05, 0) is 120 Å². The van der Waals surface area contributed by atoms with Crippen LogP contribution in [0.15, 0.2) is 409 Å². The average molecular weight is 1480 g/mol. The van der Waals surface area contributed by atoms with Crippen LogP contribution < -0.4 is 0 Å². The second kappa shape index (κ2) is 28.3. The molecular weight excluding hydrogens is 1410 g/mol. The molecule has 0 unspecified atom stereocenters. The van der Waals surface area contributed by atoms with Crippen molar-refractivity contribution in [2.45, 2.75) is 0 Å². The number of rotatable bonds is 11. The number of hydrogen-bond donors (Lipinski definition) is 0. The van der Waals surface area contributed by atoms with Gasteiger partial charge in [-0.15, -0.1) is 0 Å². The zero-order chi connectivity index (χ0) is 76.6. The number of aromatic nitrogens is 6. The summed E-state index contributed by atoms with van der Waals surface area (Å²) in [5.41, 5.74) is 25.0. The van der Waals surface area contributed by atoms with Gasteiger partial charge in [0.15, 0.2) is 11.6 Å². The van der Waals surface area contributed by atoms with Gasteiger partial charge < -0.3 is 8.83 Å². The van der Waals surface area contributed by atoms with E-state index in [1.54, 1.807) is 0 Å². The predicted molar refractivity (Wildman–Crippen MR) is 479 cm³/mol. The summed E-state index contributed by atoms with van der Waals surface area (Å²) < 4.78 is 13.5. The fraction of sp³-hybridized carbons (Fsp3) is 0. The van der Waals surface area contributed by atoms with Crippen molar-refractivity contribution >= 4 is 109 Å². The summed E-state index contributed by atoms with van der Waals surface area (Å²) in [6.45, 7) is 0. The van der Waals surface area contributed by atoms with Gasteiger partial charge in [-0.3, -0.25) is 0 Å². The third-order valence-electron chi connectivity index (χ3n) is 22.5. The summed E-state index contributed by atoms with van der Waals surface area (Å²) >= 11 is 0. The van der Waals surface area contributed by atoms with E-state index in [4.69, 9.17) is 38.7 Å². The highest BCUT2D eigenvalue weighted by Gasteiger charge is 2.25. The Bertz CT molecular complexity index is 7740. The molecule has 0 atom stereocenters. The quantitative estimate of drug-likeness (QED) is 0.118. The number of furan rings is 2. The molecule has 8 heteroatoms. The van der Waals surface area contributed by atoms with Crippen molar-refractivity contribution in [3.05, 3.63) is 400 Å². The predicted octanol–water partition coefficient (Wildman–Crippen LogP) is 28.8. The van der Waals surface area contributed by atoms with Crippen LogP contribution in [0.5, 0.6) is 0 Å². The van der Waals surface area contributed by atoms with E-state index in [0.29, 0.717) is 11.6 Å². The summed E-state index contributed by atoms with van der Waals surface area (Å²) in [4.78, 5) is 31.7. The molecule has 23 rings (SSSR count). The molecule has 0 amide bonds. The number of benzene rings is 17. The van der Waals surface area contributed by atoms with E-state index in [9.17, 15) is 0 Å². The number of hydrogen-bond acceptors (Lipinski definition) is 8. The first-order valence-corrected chi connectivity index (χ1v) is 39.1. The van der Waals surface area contributed by atoms with Gasteiger partial charge in [-0.2, -0.15) is 0 Å². The minimum absolute atomic E-state index is 0.677. The summed E-state index contributed by atoms with van der Waals surface area (Å²) in [6.07, 6.45) is 0. The van der Waals surface area contributed by atoms with Crippen LogP contribution in [0.25, 0.3) is 232 Å². The van der Waals surface area contributed by atoms with E-state index in [0.717, 1.165) is 172 Å². The topological polar surface area (TPSA) is 104 Å². The molecule has 0 fully saturated rings. The van der Waals surface area contributed by atoms with Crippen LogP contribution in [0, 0.1) is 0 Å². The van der Waals surface area contributed by atoms with E-state index in [2.05, 4.69) is 315 Å². The molecule has 0 aliphatic heterocycles. The molecule has 17 aromatic carbocycles. The lowest BCUT2D eigenvalue weighted by Gasteiger charge is -2.15. The molecule has 8 nitrogen and oxygen atoms in total. The zero-order valence-corrected chi connectivity index (χ0v) is 62.6. The number of nitrogens with zero attached hydrogens (tertiary/aromatic N) is 6. The Morgan fingerprint density at radius 1 is 0.172 bits per heavy atom. The summed E-state index contributed by atoms with van der Waals surface area (Å²) in [5, 5.41) is 15.7. The van der Waals surface area contributed by atoms with Crippen molar-refractivity contribution in [3.63, 3.8) is 0 Å². The Morgan fingerprint density at radius 3 is 0.966 bits per heavy atom. The third kappa shape index (κ3) is 11.9. The summed E-state index contributed by atoms with van der Waals surface area (Å²) in [6, 6.07) is 140. The SMILES string of the molecule is c1ccc(-c2cc(-c3cccc(-c4nc5c(-c6cc7ccccc7c7ccccc67)cccc5c5oc6ccccc6c45)c3)nc(-c3ccccc3)n2)cc1.c1ccc(-c2ccc(-c3nc(-c4ccccc4)cc(-c4ccc(-c5nc6c(-c7cc8ccccc8c8ccccc78)cccc6c6oc7ccccc7c56)cc4)n3)cc2)cc1. The molecule has 0 saturated carbocycles. The first kappa shape index (κ1) is 67.3. The van der Waals surface area contributed by atoms with Crippen LogP contribution in [0.1, 0.15) is 0 Å². The van der Waals surface area contributed by atoms with Crippen LogP contribution in [-0.2, 0) is 0 Å². The third-order valence-corrected chi connectivity index (χ3v) is 22.5. The lowest BCUT2D eigenvalue weighted by atomic mass is 9.91. The highest BCUT2D eigenvalue weighted by molar-refractivity contribution is 6.25. The molecule has 540 valence electrons. The number of pyridine rings is 2. The fourth-order valence-corrected chi connectivity index (χ4v) is 17.0. The highest BCUT2D eigenvalue weighted by atomic mass is 16.3. The van der Waals surface area contributed by atoms with E-state index < -0.39 is 0 Å². The monoisotopic (exact) mass is 1480 g/mol. The molecule has 116 heavy (non-hydrogen) atoms. The number of para-hydroxylation sites is 4. The number of fused-ring (bicyclic) bond motifs is 16. The van der Waals surface area contributed by atoms with Gasteiger partial charge in [0.25, 0.3) is 0 Å². The maximum absolute atomic E-state index is 6.76. The molecule has 6 heterocycles. The standard InChI is InChI=1S/C57H35N3O.C51H31N3O/c1-3-14-36(15-4-1)37-26-32-41(33-27-37)57-58-50(38-16-5-2-6-17-38)35-51(59-57)39-28-30-40(31-29-39)54-53-47-22-11-12-25-52(47)61-56(53)48-24-13-23-46(55(48)60-54)49-34-42-18-7-8-19-43(42)44-20-9-10-21-45(44)49;1-3-15-32(16-4-1)44-31-45(53-51(52-44)33-17-5-2-6-18-33)35-20-13-21-36(29-35)48-47-41-25-11-12-28-46(41)55-50(47)42-27-14-26-40(49(42)54-48)43-30-34-19-7-8-22-37(34)38-23-9-10-24-39(38)43/h1-35H;1-31H. The van der Waals surface area contributed by atoms with E-state index in [-0.39, 0.29) is 0 Å². The van der Waals surface area contributed by atoms with Gasteiger partial charge >= 0.3 is 0 Å². The largest absolute Gasteiger partial charge is 0.455 e. The Labute approximate surface area is 667 Å². The van der Waals surface area contributed by atoms with Gasteiger partial charge in [-0.25, -0.2) is 29.9 Å². The van der Waals surface area contributed by atoms with E-state index in [1.807, 2.05) is 84.9 Å². The molecule has 0 bridgehead atoms. The molecule has 0 N–H and O–H groups in total. The lowest BCUT2D eigenvalue weighted by Crippen LogP contribution is -1.96. The normalized spacial score (nSPS) is 11.6. The molecule has 23 aromatic rings. The molecule has 0 saturated heterocycles. The Morgan fingerprint density at radius 2 is 0.483 bits per heavy atom. The van der Waals surface area contributed by atoms with Crippen molar-refractivity contribution < 1.29 is 8.83 Å². The molecule has 6 aromatic heterocycles. The maximum atomic E-state index is 6.76. The van der Waals surface area contributed by atoms with Crippen LogP contribution in [0.4, 0.5) is 0 Å². The molecule has 0 radical (unpaired) electrons. The average Bonchev–Trinajstić information content (AvgIpc) is 1.45. The minimum atomic E-state index is 0.677. The second-order valence-electron chi connectivity index (χ2n) is 29.4. The van der Waals surface area contributed by atoms with Crippen LogP contribution >= 0.6 is 0 Å². The molecule has 0 spiro atoms. The Hall–Kier alpha value is -15.6. The van der Waals surface area contributed by atoms with Crippen molar-refractivity contribution in [1.29, 1.82) is 0 Å². The van der Waals surface area contributed by atoms with E-state index in [1.165, 1.54) is 48.7 Å². The summed E-state index contributed by atoms with van der Waals surface area (Å²) in [7, 11) is 0. The highest BCUT2D eigenvalue weighted by Crippen LogP contribution is 2.48. The van der Waals surface area contributed by atoms with Gasteiger partial charge in [0, 0.05) is 77.2 Å². The first-order chi connectivity index (χ1) is 57.5. The van der Waals surface area contributed by atoms with Crippen LogP contribution in [-0.4, -0.2) is 29.9 Å².